The summed E-state index contributed by atoms with van der Waals surface area (Å²) in [5, 5.41) is 10.1. The first-order valence-corrected chi connectivity index (χ1v) is 10.3. The number of aromatic nitrogens is 2. The highest BCUT2D eigenvalue weighted by Crippen LogP contribution is 2.32. The predicted octanol–water partition coefficient (Wildman–Crippen LogP) is 4.70. The second-order valence-corrected chi connectivity index (χ2v) is 8.12. The molecule has 0 bridgehead atoms. The highest BCUT2D eigenvalue weighted by molar-refractivity contribution is 7.85. The van der Waals surface area contributed by atoms with Gasteiger partial charge in [0.15, 0.2) is 0 Å². The van der Waals surface area contributed by atoms with Crippen molar-refractivity contribution in [3.8, 4) is 6.07 Å². The number of hydrogen-bond acceptors (Lipinski definition) is 3. The molecule has 0 fully saturated rings. The van der Waals surface area contributed by atoms with Crippen LogP contribution in [0.2, 0.25) is 0 Å². The fraction of sp³-hybridized carbons (Fsp3) is 0.273. The van der Waals surface area contributed by atoms with E-state index in [1.54, 1.807) is 12.5 Å². The Balaban J connectivity index is 1.91. The van der Waals surface area contributed by atoms with Crippen LogP contribution in [0.15, 0.2) is 83.1 Å². The molecule has 0 amide bonds. The van der Waals surface area contributed by atoms with Gasteiger partial charge >= 0.3 is 0 Å². The number of hydrogen-bond donors (Lipinski definition) is 0. The van der Waals surface area contributed by atoms with Gasteiger partial charge in [-0.2, -0.15) is 5.26 Å². The first kappa shape index (κ1) is 19.1. The lowest BCUT2D eigenvalue weighted by molar-refractivity contribution is 0.411. The van der Waals surface area contributed by atoms with Crippen LogP contribution in [0.3, 0.4) is 0 Å². The van der Waals surface area contributed by atoms with E-state index in [9.17, 15) is 9.47 Å². The van der Waals surface area contributed by atoms with Crippen molar-refractivity contribution in [2.75, 3.05) is 0 Å². The molecule has 27 heavy (non-hydrogen) atoms. The molecule has 1 aromatic heterocycles. The lowest BCUT2D eigenvalue weighted by atomic mass is 9.77. The topological polar surface area (TPSA) is 58.7 Å². The minimum absolute atomic E-state index is 0.560. The summed E-state index contributed by atoms with van der Waals surface area (Å²) in [5.74, 6) is 0. The van der Waals surface area contributed by atoms with Gasteiger partial charge in [-0.3, -0.25) is 0 Å². The first-order valence-electron chi connectivity index (χ1n) is 9.13. The average molecular weight is 378 g/mol. The molecule has 1 heterocycles. The molecule has 0 aliphatic heterocycles. The van der Waals surface area contributed by atoms with E-state index in [1.807, 2.05) is 65.4 Å². The molecular formula is C22H23N3OS. The maximum atomic E-state index is 12.7. The molecular weight excluding hydrogens is 354 g/mol. The first-order chi connectivity index (χ1) is 13.2. The summed E-state index contributed by atoms with van der Waals surface area (Å²) in [6.45, 7) is 2.69. The van der Waals surface area contributed by atoms with E-state index in [-0.39, 0.29) is 0 Å². The van der Waals surface area contributed by atoms with E-state index < -0.39 is 16.2 Å². The molecule has 0 saturated heterocycles. The van der Waals surface area contributed by atoms with Gasteiger partial charge < -0.3 is 4.57 Å². The molecule has 138 valence electrons. The van der Waals surface area contributed by atoms with Crippen LogP contribution in [0, 0.1) is 11.3 Å². The number of benzene rings is 2. The standard InChI is InChI=1S/C22H23N3OS/c1-2-3-13-22(16-23,17-25-15-14-24-18-25)19-9-11-21(12-10-19)27(26)20-7-5-4-6-8-20/h4-12,14-15,18H,2-3,13,17H2,1H3. The number of nitriles is 1. The van der Waals surface area contributed by atoms with Gasteiger partial charge in [-0.05, 0) is 36.2 Å². The molecule has 0 saturated carbocycles. The Morgan fingerprint density at radius 3 is 2.41 bits per heavy atom. The van der Waals surface area contributed by atoms with Gasteiger partial charge in [-0.15, -0.1) is 0 Å². The second kappa shape index (κ2) is 8.79. The number of imidazole rings is 1. The maximum Gasteiger partial charge on any atom is 0.100 e. The van der Waals surface area contributed by atoms with Crippen LogP contribution in [-0.2, 0) is 22.8 Å². The highest BCUT2D eigenvalue weighted by atomic mass is 32.2. The SMILES string of the molecule is CCCCC(C#N)(Cn1ccnc1)c1ccc(S(=O)c2ccccc2)cc1. The van der Waals surface area contributed by atoms with Crippen LogP contribution in [0.1, 0.15) is 31.7 Å². The smallest absolute Gasteiger partial charge is 0.100 e. The molecule has 0 radical (unpaired) electrons. The molecule has 0 spiro atoms. The summed E-state index contributed by atoms with van der Waals surface area (Å²) in [7, 11) is -1.22. The minimum atomic E-state index is -1.22. The molecule has 5 heteroatoms. The average Bonchev–Trinajstić information content (AvgIpc) is 3.24. The van der Waals surface area contributed by atoms with Gasteiger partial charge in [-0.25, -0.2) is 9.19 Å². The lowest BCUT2D eigenvalue weighted by Crippen LogP contribution is -2.30. The van der Waals surface area contributed by atoms with Crippen LogP contribution in [-0.4, -0.2) is 13.8 Å². The Morgan fingerprint density at radius 2 is 1.81 bits per heavy atom. The third-order valence-corrected chi connectivity index (χ3v) is 6.16. The van der Waals surface area contributed by atoms with Gasteiger partial charge in [0.2, 0.25) is 0 Å². The second-order valence-electron chi connectivity index (χ2n) is 6.64. The van der Waals surface area contributed by atoms with Crippen LogP contribution >= 0.6 is 0 Å². The van der Waals surface area contributed by atoms with E-state index >= 15 is 0 Å². The molecule has 2 aromatic carbocycles. The van der Waals surface area contributed by atoms with Crippen molar-refractivity contribution < 1.29 is 4.21 Å². The predicted molar refractivity (Wildman–Crippen MR) is 107 cm³/mol. The van der Waals surface area contributed by atoms with Crippen molar-refractivity contribution in [2.45, 2.75) is 47.9 Å². The Kier molecular flexibility index (Phi) is 6.20. The lowest BCUT2D eigenvalue weighted by Gasteiger charge is -2.28. The van der Waals surface area contributed by atoms with E-state index in [1.165, 1.54) is 0 Å². The van der Waals surface area contributed by atoms with Crippen molar-refractivity contribution in [3.63, 3.8) is 0 Å². The van der Waals surface area contributed by atoms with Crippen LogP contribution in [0.5, 0.6) is 0 Å². The maximum absolute atomic E-state index is 12.7. The summed E-state index contributed by atoms with van der Waals surface area (Å²) < 4.78 is 14.7. The molecule has 2 unspecified atom stereocenters. The van der Waals surface area contributed by atoms with Crippen LogP contribution < -0.4 is 0 Å². The van der Waals surface area contributed by atoms with Gasteiger partial charge in [0.25, 0.3) is 0 Å². The van der Waals surface area contributed by atoms with Crippen molar-refractivity contribution in [2.24, 2.45) is 0 Å². The Labute approximate surface area is 163 Å². The fourth-order valence-electron chi connectivity index (χ4n) is 3.22. The molecule has 3 rings (SSSR count). The Hall–Kier alpha value is -2.71. The number of nitrogens with zero attached hydrogens (tertiary/aromatic N) is 3. The van der Waals surface area contributed by atoms with Crippen molar-refractivity contribution in [1.29, 1.82) is 5.26 Å². The molecule has 3 aromatic rings. The van der Waals surface area contributed by atoms with Crippen LogP contribution in [0.4, 0.5) is 0 Å². The van der Waals surface area contributed by atoms with Crippen molar-refractivity contribution in [3.05, 3.63) is 78.9 Å². The zero-order valence-corrected chi connectivity index (χ0v) is 16.2. The summed E-state index contributed by atoms with van der Waals surface area (Å²) in [6, 6.07) is 19.6. The molecule has 2 atom stereocenters. The summed E-state index contributed by atoms with van der Waals surface area (Å²) in [4.78, 5) is 5.62. The van der Waals surface area contributed by atoms with E-state index in [0.29, 0.717) is 6.54 Å². The Morgan fingerprint density at radius 1 is 1.11 bits per heavy atom. The summed E-state index contributed by atoms with van der Waals surface area (Å²) in [6.07, 6.45) is 8.14. The largest absolute Gasteiger partial charge is 0.336 e. The summed E-state index contributed by atoms with van der Waals surface area (Å²) >= 11 is 0. The van der Waals surface area contributed by atoms with E-state index in [2.05, 4.69) is 18.0 Å². The molecule has 4 nitrogen and oxygen atoms in total. The number of unbranched alkanes of at least 4 members (excludes halogenated alkanes) is 1. The quantitative estimate of drug-likeness (QED) is 0.572. The van der Waals surface area contributed by atoms with Gasteiger partial charge in [0.1, 0.15) is 5.41 Å². The molecule has 0 aliphatic carbocycles. The van der Waals surface area contributed by atoms with Crippen molar-refractivity contribution >= 4 is 10.8 Å². The monoisotopic (exact) mass is 377 g/mol. The van der Waals surface area contributed by atoms with Crippen LogP contribution in [0.25, 0.3) is 0 Å². The number of rotatable bonds is 8. The highest BCUT2D eigenvalue weighted by Gasteiger charge is 2.32. The third-order valence-electron chi connectivity index (χ3n) is 4.76. The van der Waals surface area contributed by atoms with Gasteiger partial charge in [0.05, 0.1) is 23.2 Å². The van der Waals surface area contributed by atoms with Gasteiger partial charge in [-0.1, -0.05) is 50.1 Å². The molecule has 0 N–H and O–H groups in total. The van der Waals surface area contributed by atoms with Crippen molar-refractivity contribution in [1.82, 2.24) is 9.55 Å². The van der Waals surface area contributed by atoms with Gasteiger partial charge in [0, 0.05) is 28.7 Å². The van der Waals surface area contributed by atoms with E-state index in [0.717, 1.165) is 34.6 Å². The zero-order chi connectivity index (χ0) is 19.1. The minimum Gasteiger partial charge on any atom is -0.336 e. The molecule has 0 aliphatic rings. The third kappa shape index (κ3) is 4.35. The zero-order valence-electron chi connectivity index (χ0n) is 15.4. The normalized spacial score (nSPS) is 14.2. The summed E-state index contributed by atoms with van der Waals surface area (Å²) in [5.41, 5.74) is 0.338. The Bertz CT molecular complexity index is 914. The van der Waals surface area contributed by atoms with E-state index in [4.69, 9.17) is 0 Å². The fourth-order valence-corrected chi connectivity index (χ4v) is 4.28.